The highest BCUT2D eigenvalue weighted by atomic mass is 19.4. The van der Waals surface area contributed by atoms with E-state index in [4.69, 9.17) is 0 Å². The summed E-state index contributed by atoms with van der Waals surface area (Å²) in [6.07, 6.45) is -4.33. The van der Waals surface area contributed by atoms with Crippen LogP contribution in [-0.2, 0) is 4.79 Å². The summed E-state index contributed by atoms with van der Waals surface area (Å²) >= 11 is 0. The third-order valence-electron chi connectivity index (χ3n) is 2.31. The molecule has 0 aromatic heterocycles. The Kier molecular flexibility index (Phi) is 4.58. The fourth-order valence-electron chi connectivity index (χ4n) is 1.39. The van der Waals surface area contributed by atoms with Crippen molar-refractivity contribution < 1.29 is 22.7 Å². The van der Waals surface area contributed by atoms with Gasteiger partial charge in [0.1, 0.15) is 5.75 Å². The maximum Gasteiger partial charge on any atom is 0.573 e. The molecular weight excluding hydrogens is 247 g/mol. The summed E-state index contributed by atoms with van der Waals surface area (Å²) in [6, 6.07) is 5.16. The van der Waals surface area contributed by atoms with Crippen molar-refractivity contribution in [3.63, 3.8) is 0 Å². The summed E-state index contributed by atoms with van der Waals surface area (Å²) in [4.78, 5) is 11.2. The highest BCUT2D eigenvalue weighted by molar-refractivity contribution is 5.75. The van der Waals surface area contributed by atoms with Gasteiger partial charge >= 0.3 is 6.36 Å². The zero-order chi connectivity index (χ0) is 13.8. The summed E-state index contributed by atoms with van der Waals surface area (Å²) < 4.78 is 39.6. The molecule has 18 heavy (non-hydrogen) atoms. The molecule has 6 heteroatoms. The Hall–Kier alpha value is -1.72. The first-order valence-corrected chi connectivity index (χ1v) is 5.47. The van der Waals surface area contributed by atoms with Gasteiger partial charge in [0.2, 0.25) is 5.91 Å². The van der Waals surface area contributed by atoms with Crippen molar-refractivity contribution in [1.29, 1.82) is 0 Å². The van der Waals surface area contributed by atoms with E-state index in [1.807, 2.05) is 0 Å². The van der Waals surface area contributed by atoms with E-state index in [1.54, 1.807) is 13.8 Å². The lowest BCUT2D eigenvalue weighted by molar-refractivity contribution is -0.274. The first kappa shape index (κ1) is 14.3. The molecule has 1 N–H and O–H groups in total. The number of halogens is 3. The summed E-state index contributed by atoms with van der Waals surface area (Å²) in [5, 5.41) is 2.71. The Bertz CT molecular complexity index is 401. The first-order valence-electron chi connectivity index (χ1n) is 5.47. The van der Waals surface area contributed by atoms with Crippen LogP contribution in [0, 0.1) is 0 Å². The van der Waals surface area contributed by atoms with Gasteiger partial charge in [-0.3, -0.25) is 4.79 Å². The SMILES string of the molecule is CCC(=O)N[C@@H](C)c1ccc(OC(F)(F)F)cc1. The second-order valence-electron chi connectivity index (χ2n) is 3.76. The van der Waals surface area contributed by atoms with Crippen LogP contribution in [0.5, 0.6) is 5.75 Å². The fraction of sp³-hybridized carbons (Fsp3) is 0.417. The van der Waals surface area contributed by atoms with Crippen LogP contribution in [0.3, 0.4) is 0 Å². The molecule has 1 atom stereocenters. The summed E-state index contributed by atoms with van der Waals surface area (Å²) in [5.41, 5.74) is 0.714. The van der Waals surface area contributed by atoms with Crippen molar-refractivity contribution in [3.8, 4) is 5.75 Å². The minimum absolute atomic E-state index is 0.113. The Balaban J connectivity index is 2.67. The molecule has 1 rings (SSSR count). The number of ether oxygens (including phenoxy) is 1. The number of hydrogen-bond donors (Lipinski definition) is 1. The average Bonchev–Trinajstić information content (AvgIpc) is 2.27. The van der Waals surface area contributed by atoms with Crippen molar-refractivity contribution >= 4 is 5.91 Å². The van der Waals surface area contributed by atoms with Gasteiger partial charge in [-0.2, -0.15) is 0 Å². The van der Waals surface area contributed by atoms with Crippen molar-refractivity contribution in [2.24, 2.45) is 0 Å². The molecule has 1 amide bonds. The van der Waals surface area contributed by atoms with Crippen LogP contribution >= 0.6 is 0 Å². The van der Waals surface area contributed by atoms with Crippen LogP contribution in [0.4, 0.5) is 13.2 Å². The number of benzene rings is 1. The molecule has 0 saturated carbocycles. The molecule has 0 bridgehead atoms. The van der Waals surface area contributed by atoms with E-state index in [0.717, 1.165) is 0 Å². The predicted octanol–water partition coefficient (Wildman–Crippen LogP) is 3.17. The number of alkyl halides is 3. The minimum Gasteiger partial charge on any atom is -0.406 e. The van der Waals surface area contributed by atoms with Crippen molar-refractivity contribution in [2.45, 2.75) is 32.7 Å². The summed E-state index contributed by atoms with van der Waals surface area (Å²) in [6.45, 7) is 3.48. The molecule has 0 saturated heterocycles. The van der Waals surface area contributed by atoms with Crippen LogP contribution in [0.25, 0.3) is 0 Å². The number of hydrogen-bond acceptors (Lipinski definition) is 2. The Morgan fingerprint density at radius 3 is 2.33 bits per heavy atom. The van der Waals surface area contributed by atoms with E-state index in [9.17, 15) is 18.0 Å². The van der Waals surface area contributed by atoms with Crippen molar-refractivity contribution in [3.05, 3.63) is 29.8 Å². The van der Waals surface area contributed by atoms with Gasteiger partial charge in [-0.25, -0.2) is 0 Å². The van der Waals surface area contributed by atoms with E-state index < -0.39 is 6.36 Å². The maximum absolute atomic E-state index is 11.9. The van der Waals surface area contributed by atoms with Crippen LogP contribution < -0.4 is 10.1 Å². The molecule has 0 radical (unpaired) electrons. The Morgan fingerprint density at radius 1 is 1.33 bits per heavy atom. The van der Waals surface area contributed by atoms with Gasteiger partial charge in [-0.05, 0) is 24.6 Å². The van der Waals surface area contributed by atoms with Gasteiger partial charge < -0.3 is 10.1 Å². The molecule has 100 valence electrons. The van der Waals surface area contributed by atoms with E-state index in [2.05, 4.69) is 10.1 Å². The van der Waals surface area contributed by atoms with Gasteiger partial charge in [-0.1, -0.05) is 19.1 Å². The van der Waals surface area contributed by atoms with Gasteiger partial charge in [0.25, 0.3) is 0 Å². The predicted molar refractivity (Wildman–Crippen MR) is 60.0 cm³/mol. The number of carbonyl (C=O) groups is 1. The first-order chi connectivity index (χ1) is 8.31. The highest BCUT2D eigenvalue weighted by Gasteiger charge is 2.31. The average molecular weight is 261 g/mol. The highest BCUT2D eigenvalue weighted by Crippen LogP contribution is 2.24. The molecule has 1 aromatic carbocycles. The molecule has 0 heterocycles. The van der Waals surface area contributed by atoms with Crippen LogP contribution in [0.15, 0.2) is 24.3 Å². The van der Waals surface area contributed by atoms with Gasteiger partial charge in [0.15, 0.2) is 0 Å². The lowest BCUT2D eigenvalue weighted by Crippen LogP contribution is -2.25. The zero-order valence-corrected chi connectivity index (χ0v) is 10.0. The van der Waals surface area contributed by atoms with Gasteiger partial charge in [-0.15, -0.1) is 13.2 Å². The fourth-order valence-corrected chi connectivity index (χ4v) is 1.39. The molecule has 0 unspecified atom stereocenters. The van der Waals surface area contributed by atoms with Crippen LogP contribution in [-0.4, -0.2) is 12.3 Å². The van der Waals surface area contributed by atoms with E-state index >= 15 is 0 Å². The lowest BCUT2D eigenvalue weighted by atomic mass is 10.1. The third-order valence-corrected chi connectivity index (χ3v) is 2.31. The topological polar surface area (TPSA) is 38.3 Å². The smallest absolute Gasteiger partial charge is 0.406 e. The Labute approximate surface area is 103 Å². The van der Waals surface area contributed by atoms with E-state index in [-0.39, 0.29) is 17.7 Å². The number of rotatable bonds is 4. The number of amides is 1. The van der Waals surface area contributed by atoms with Gasteiger partial charge in [0.05, 0.1) is 6.04 Å². The largest absolute Gasteiger partial charge is 0.573 e. The lowest BCUT2D eigenvalue weighted by Gasteiger charge is -2.14. The molecule has 1 aromatic rings. The molecule has 0 aliphatic heterocycles. The second-order valence-corrected chi connectivity index (χ2v) is 3.76. The molecule has 0 aliphatic rings. The molecule has 0 spiro atoms. The van der Waals surface area contributed by atoms with Crippen LogP contribution in [0.1, 0.15) is 31.9 Å². The third kappa shape index (κ3) is 4.65. The van der Waals surface area contributed by atoms with E-state index in [0.29, 0.717) is 12.0 Å². The van der Waals surface area contributed by atoms with Gasteiger partial charge in [0, 0.05) is 6.42 Å². The van der Waals surface area contributed by atoms with E-state index in [1.165, 1.54) is 24.3 Å². The second kappa shape index (κ2) is 5.75. The number of carbonyl (C=O) groups excluding carboxylic acids is 1. The van der Waals surface area contributed by atoms with Crippen molar-refractivity contribution in [1.82, 2.24) is 5.32 Å². The summed E-state index contributed by atoms with van der Waals surface area (Å²) in [7, 11) is 0. The minimum atomic E-state index is -4.69. The molecular formula is C12H14F3NO2. The maximum atomic E-state index is 11.9. The standard InChI is InChI=1S/C12H14F3NO2/c1-3-11(17)16-8(2)9-4-6-10(7-5-9)18-12(13,14)15/h4-8H,3H2,1-2H3,(H,16,17)/t8-/m0/s1. The monoisotopic (exact) mass is 261 g/mol. The molecule has 0 fully saturated rings. The quantitative estimate of drug-likeness (QED) is 0.904. The van der Waals surface area contributed by atoms with Crippen LogP contribution in [0.2, 0.25) is 0 Å². The number of nitrogens with one attached hydrogen (secondary N) is 1. The molecule has 3 nitrogen and oxygen atoms in total. The summed E-state index contributed by atoms with van der Waals surface area (Å²) in [5.74, 6) is -0.390. The normalized spacial score (nSPS) is 12.9. The van der Waals surface area contributed by atoms with Crippen molar-refractivity contribution in [2.75, 3.05) is 0 Å². The zero-order valence-electron chi connectivity index (χ0n) is 10.0. The Morgan fingerprint density at radius 2 is 1.89 bits per heavy atom. The molecule has 0 aliphatic carbocycles.